The largest absolute Gasteiger partial charge is 0.494 e. The van der Waals surface area contributed by atoms with Gasteiger partial charge in [-0.2, -0.15) is 0 Å². The lowest BCUT2D eigenvalue weighted by atomic mass is 9.77. The minimum atomic E-state index is -1.23. The van der Waals surface area contributed by atoms with Gasteiger partial charge in [-0.3, -0.25) is 9.59 Å². The molecule has 0 aliphatic rings. The van der Waals surface area contributed by atoms with Crippen LogP contribution in [0.2, 0.25) is 0 Å². The Bertz CT molecular complexity index is 2830. The van der Waals surface area contributed by atoms with Crippen molar-refractivity contribution in [2.45, 2.75) is 113 Å². The summed E-state index contributed by atoms with van der Waals surface area (Å²) in [6.07, 6.45) is 0.718. The number of Topliss-reactive ketones (excluding diaryl/α,β-unsaturated/α-hetero) is 2. The first kappa shape index (κ1) is 49.6. The van der Waals surface area contributed by atoms with E-state index in [1.54, 1.807) is 68.4 Å². The molecule has 1 unspecified atom stereocenters. The zero-order chi connectivity index (χ0) is 49.0. The summed E-state index contributed by atoms with van der Waals surface area (Å²) < 4.78 is 23.8. The molecule has 0 N–H and O–H groups in total. The number of ketones is 2. The highest BCUT2D eigenvalue weighted by Crippen LogP contribution is 2.38. The summed E-state index contributed by atoms with van der Waals surface area (Å²) in [5.41, 5.74) is 7.44. The van der Waals surface area contributed by atoms with Crippen molar-refractivity contribution in [1.82, 2.24) is 0 Å². The summed E-state index contributed by atoms with van der Waals surface area (Å²) in [6, 6.07) is 37.0. The fourth-order valence-electron chi connectivity index (χ4n) is 8.16. The first-order valence-corrected chi connectivity index (χ1v) is 23.1. The molecule has 0 heterocycles. The Morgan fingerprint density at radius 2 is 0.881 bits per heavy atom. The smallest absolute Gasteiger partial charge is 0.343 e. The average Bonchev–Trinajstić information content (AvgIpc) is 3.30. The summed E-state index contributed by atoms with van der Waals surface area (Å²) in [5, 5.41) is 0. The molecular weight excluding hydrogens is 837 g/mol. The van der Waals surface area contributed by atoms with Gasteiger partial charge in [0.25, 0.3) is 0 Å². The Kier molecular flexibility index (Phi) is 14.8. The van der Waals surface area contributed by atoms with Crippen LogP contribution in [0.25, 0.3) is 0 Å². The standard InChI is InChI=1S/C59H64O8/c1-14-36(3)53(60)43-17-16-18-44(35-43)56(63)66-51-29-25-47(33-39(51)6)58(10,11)48-26-30-52(40(7)34-48)67-59(12,13)54(61)41-19-21-42(22-20-41)55(62)65-50-28-24-46(32-38(50)5)57(8,9)45-23-27-49(64-15-2)37(4)31-45/h16-36H,14-15H2,1-13H3. The zero-order valence-corrected chi connectivity index (χ0v) is 41.3. The first-order valence-electron chi connectivity index (χ1n) is 23.1. The monoisotopic (exact) mass is 900 g/mol. The minimum absolute atomic E-state index is 0.000819. The van der Waals surface area contributed by atoms with Gasteiger partial charge in [-0.25, -0.2) is 9.59 Å². The number of hydrogen-bond acceptors (Lipinski definition) is 8. The maximum Gasteiger partial charge on any atom is 0.343 e. The van der Waals surface area contributed by atoms with E-state index in [2.05, 4.69) is 58.9 Å². The number of esters is 2. The SMILES string of the molecule is CCOc1ccc(C(C)(C)c2ccc(OC(=O)c3ccc(C(=O)C(C)(C)Oc4ccc(C(C)(C)c5ccc(OC(=O)c6cccc(C(=O)C(C)CC)c6)c(C)c5)cc4C)cc3)c(C)c2)cc1C. The fourth-order valence-corrected chi connectivity index (χ4v) is 8.16. The summed E-state index contributed by atoms with van der Waals surface area (Å²) in [6.45, 7) is 26.3. The summed E-state index contributed by atoms with van der Waals surface area (Å²) >= 11 is 0. The topological polar surface area (TPSA) is 105 Å². The Balaban J connectivity index is 1.08. The van der Waals surface area contributed by atoms with Gasteiger partial charge in [0.15, 0.2) is 11.4 Å². The van der Waals surface area contributed by atoms with Crippen LogP contribution in [0.4, 0.5) is 0 Å². The van der Waals surface area contributed by atoms with Crippen molar-refractivity contribution in [3.63, 3.8) is 0 Å². The number of rotatable bonds is 17. The molecule has 0 saturated carbocycles. The Labute approximate surface area is 396 Å². The van der Waals surface area contributed by atoms with E-state index in [1.807, 2.05) is 84.0 Å². The average molecular weight is 901 g/mol. The van der Waals surface area contributed by atoms with Crippen molar-refractivity contribution in [1.29, 1.82) is 0 Å². The predicted molar refractivity (Wildman–Crippen MR) is 266 cm³/mol. The van der Waals surface area contributed by atoms with Gasteiger partial charge >= 0.3 is 11.9 Å². The molecule has 6 aromatic carbocycles. The second kappa shape index (κ2) is 20.0. The highest BCUT2D eigenvalue weighted by Gasteiger charge is 2.33. The molecule has 0 amide bonds. The summed E-state index contributed by atoms with van der Waals surface area (Å²) in [5.74, 6) is 0.946. The van der Waals surface area contributed by atoms with Crippen LogP contribution < -0.4 is 18.9 Å². The summed E-state index contributed by atoms with van der Waals surface area (Å²) in [4.78, 5) is 53.1. The minimum Gasteiger partial charge on any atom is -0.494 e. The van der Waals surface area contributed by atoms with Gasteiger partial charge in [0.05, 0.1) is 17.7 Å². The molecule has 8 heteroatoms. The molecule has 0 bridgehead atoms. The van der Waals surface area contributed by atoms with Gasteiger partial charge in [0.2, 0.25) is 5.78 Å². The maximum atomic E-state index is 13.9. The van der Waals surface area contributed by atoms with E-state index in [4.69, 9.17) is 18.9 Å². The van der Waals surface area contributed by atoms with Crippen molar-refractivity contribution in [2.24, 2.45) is 5.92 Å². The van der Waals surface area contributed by atoms with E-state index in [0.29, 0.717) is 46.1 Å². The van der Waals surface area contributed by atoms with Crippen LogP contribution in [0.15, 0.2) is 121 Å². The quantitative estimate of drug-likeness (QED) is 0.0506. The van der Waals surface area contributed by atoms with Crippen LogP contribution in [0.3, 0.4) is 0 Å². The van der Waals surface area contributed by atoms with Gasteiger partial charge < -0.3 is 18.9 Å². The van der Waals surface area contributed by atoms with E-state index in [9.17, 15) is 19.2 Å². The van der Waals surface area contributed by atoms with E-state index < -0.39 is 23.0 Å². The highest BCUT2D eigenvalue weighted by atomic mass is 16.5. The number of ether oxygens (including phenoxy) is 4. The van der Waals surface area contributed by atoms with Gasteiger partial charge in [-0.1, -0.05) is 114 Å². The molecule has 6 rings (SSSR count). The third kappa shape index (κ3) is 10.9. The molecule has 6 aromatic rings. The maximum absolute atomic E-state index is 13.9. The first-order chi connectivity index (χ1) is 31.6. The van der Waals surface area contributed by atoms with Crippen LogP contribution in [0, 0.1) is 33.6 Å². The lowest BCUT2D eigenvalue weighted by Gasteiger charge is -2.29. The van der Waals surface area contributed by atoms with Gasteiger partial charge in [0.1, 0.15) is 23.0 Å². The molecule has 0 radical (unpaired) electrons. The van der Waals surface area contributed by atoms with Crippen LogP contribution in [0.5, 0.6) is 23.0 Å². The van der Waals surface area contributed by atoms with Crippen LogP contribution in [0.1, 0.15) is 155 Å². The number of carbonyl (C=O) groups is 4. The van der Waals surface area contributed by atoms with Crippen LogP contribution in [-0.4, -0.2) is 35.7 Å². The van der Waals surface area contributed by atoms with Crippen molar-refractivity contribution >= 4 is 23.5 Å². The van der Waals surface area contributed by atoms with Gasteiger partial charge in [0, 0.05) is 27.9 Å². The molecule has 0 spiro atoms. The highest BCUT2D eigenvalue weighted by molar-refractivity contribution is 6.03. The van der Waals surface area contributed by atoms with Crippen molar-refractivity contribution in [3.05, 3.63) is 188 Å². The number of hydrogen-bond donors (Lipinski definition) is 0. The second-order valence-corrected chi connectivity index (χ2v) is 19.2. The molecule has 8 nitrogen and oxygen atoms in total. The Morgan fingerprint density at radius 3 is 1.31 bits per heavy atom. The molecule has 0 fully saturated rings. The van der Waals surface area contributed by atoms with Gasteiger partial charge in [-0.15, -0.1) is 0 Å². The predicted octanol–water partition coefficient (Wildman–Crippen LogP) is 13.7. The van der Waals surface area contributed by atoms with Crippen LogP contribution >= 0.6 is 0 Å². The number of aryl methyl sites for hydroxylation is 4. The third-order valence-corrected chi connectivity index (χ3v) is 13.0. The Hall–Kier alpha value is -6.80. The van der Waals surface area contributed by atoms with E-state index in [-0.39, 0.29) is 22.9 Å². The van der Waals surface area contributed by atoms with Crippen LogP contribution in [-0.2, 0) is 10.8 Å². The molecular formula is C59H64O8. The number of benzene rings is 6. The Morgan fingerprint density at radius 1 is 0.478 bits per heavy atom. The second-order valence-electron chi connectivity index (χ2n) is 19.2. The third-order valence-electron chi connectivity index (χ3n) is 13.0. The molecule has 0 saturated heterocycles. The molecule has 0 aromatic heterocycles. The van der Waals surface area contributed by atoms with E-state index in [1.165, 1.54) is 0 Å². The molecule has 348 valence electrons. The van der Waals surface area contributed by atoms with E-state index in [0.717, 1.165) is 56.7 Å². The lowest BCUT2D eigenvalue weighted by Crippen LogP contribution is -2.38. The normalized spacial score (nSPS) is 12.3. The van der Waals surface area contributed by atoms with Crippen molar-refractivity contribution in [2.75, 3.05) is 6.61 Å². The summed E-state index contributed by atoms with van der Waals surface area (Å²) in [7, 11) is 0. The van der Waals surface area contributed by atoms with Gasteiger partial charge in [-0.05, 0) is 148 Å². The molecule has 67 heavy (non-hydrogen) atoms. The van der Waals surface area contributed by atoms with Crippen molar-refractivity contribution < 1.29 is 38.1 Å². The molecule has 0 aliphatic carbocycles. The molecule has 1 atom stereocenters. The van der Waals surface area contributed by atoms with E-state index >= 15 is 0 Å². The number of carbonyl (C=O) groups excluding carboxylic acids is 4. The fraction of sp³-hybridized carbons (Fsp3) is 0.322. The molecule has 0 aliphatic heterocycles. The zero-order valence-electron chi connectivity index (χ0n) is 41.3. The lowest BCUT2D eigenvalue weighted by molar-refractivity contribution is 0.0581. The van der Waals surface area contributed by atoms with Crippen molar-refractivity contribution in [3.8, 4) is 23.0 Å².